The fourth-order valence-corrected chi connectivity index (χ4v) is 3.20. The Kier molecular flexibility index (Phi) is 3.24. The second-order valence-electron chi connectivity index (χ2n) is 3.83. The topological polar surface area (TPSA) is 43.1 Å². The van der Waals surface area contributed by atoms with E-state index >= 15 is 0 Å². The fourth-order valence-electron chi connectivity index (χ4n) is 1.85. The molecular weight excluding hydrogens is 311 g/mol. The SMILES string of the molecule is NC(=O)C1C(c2cc(Cl)c(F)c(Cl)c2)C1(Cl)Cl. The van der Waals surface area contributed by atoms with Gasteiger partial charge >= 0.3 is 0 Å². The van der Waals surface area contributed by atoms with Gasteiger partial charge in [0.2, 0.25) is 5.91 Å². The first-order chi connectivity index (χ1) is 7.76. The number of hydrogen-bond donors (Lipinski definition) is 1. The van der Waals surface area contributed by atoms with Crippen LogP contribution in [0.1, 0.15) is 11.5 Å². The van der Waals surface area contributed by atoms with Crippen LogP contribution in [0.5, 0.6) is 0 Å². The zero-order chi connectivity index (χ0) is 13.0. The number of hydrogen-bond acceptors (Lipinski definition) is 1. The van der Waals surface area contributed by atoms with E-state index in [0.29, 0.717) is 5.56 Å². The molecule has 17 heavy (non-hydrogen) atoms. The summed E-state index contributed by atoms with van der Waals surface area (Å²) in [6, 6.07) is 2.69. The average molecular weight is 317 g/mol. The highest BCUT2D eigenvalue weighted by molar-refractivity contribution is 6.53. The number of alkyl halides is 2. The van der Waals surface area contributed by atoms with Crippen molar-refractivity contribution in [2.45, 2.75) is 10.3 Å². The molecule has 2 N–H and O–H groups in total. The first kappa shape index (κ1) is 13.2. The van der Waals surface area contributed by atoms with Crippen molar-refractivity contribution in [3.63, 3.8) is 0 Å². The van der Waals surface area contributed by atoms with E-state index in [-0.39, 0.29) is 10.0 Å². The molecule has 1 amide bonds. The van der Waals surface area contributed by atoms with Gasteiger partial charge in [-0.2, -0.15) is 0 Å². The molecule has 2 atom stereocenters. The van der Waals surface area contributed by atoms with Crippen LogP contribution in [0.15, 0.2) is 12.1 Å². The van der Waals surface area contributed by atoms with Gasteiger partial charge in [-0.05, 0) is 17.7 Å². The summed E-state index contributed by atoms with van der Waals surface area (Å²) in [7, 11) is 0. The normalized spacial score (nSPS) is 25.7. The van der Waals surface area contributed by atoms with Crippen LogP contribution in [0.2, 0.25) is 10.0 Å². The summed E-state index contributed by atoms with van der Waals surface area (Å²) in [5.74, 6) is -2.57. The van der Waals surface area contributed by atoms with Crippen LogP contribution in [0.3, 0.4) is 0 Å². The Morgan fingerprint density at radius 1 is 1.29 bits per heavy atom. The number of benzene rings is 1. The van der Waals surface area contributed by atoms with E-state index in [4.69, 9.17) is 52.1 Å². The van der Waals surface area contributed by atoms with Gasteiger partial charge in [-0.1, -0.05) is 23.2 Å². The number of carbonyl (C=O) groups excluding carboxylic acids is 1. The maximum absolute atomic E-state index is 13.2. The number of rotatable bonds is 2. The molecule has 1 aliphatic carbocycles. The smallest absolute Gasteiger partial charge is 0.224 e. The zero-order valence-electron chi connectivity index (χ0n) is 8.18. The lowest BCUT2D eigenvalue weighted by atomic mass is 10.1. The standard InChI is InChI=1S/C10H6Cl4FNO/c11-4-1-3(2-5(12)8(4)15)6-7(9(16)17)10(6,13)14/h1-2,6-7H,(H2,16,17). The molecule has 1 aromatic rings. The lowest BCUT2D eigenvalue weighted by Gasteiger charge is -2.04. The first-order valence-electron chi connectivity index (χ1n) is 4.58. The van der Waals surface area contributed by atoms with Crippen LogP contribution in [-0.4, -0.2) is 10.2 Å². The molecule has 0 spiro atoms. The van der Waals surface area contributed by atoms with Crippen molar-refractivity contribution in [2.75, 3.05) is 0 Å². The van der Waals surface area contributed by atoms with Crippen LogP contribution in [-0.2, 0) is 4.79 Å². The van der Waals surface area contributed by atoms with Crippen LogP contribution in [0.25, 0.3) is 0 Å². The van der Waals surface area contributed by atoms with Gasteiger partial charge in [0.15, 0.2) is 5.82 Å². The Bertz CT molecular complexity index is 482. The van der Waals surface area contributed by atoms with Gasteiger partial charge in [-0.15, -0.1) is 23.2 Å². The van der Waals surface area contributed by atoms with Crippen molar-refractivity contribution in [2.24, 2.45) is 11.7 Å². The molecule has 92 valence electrons. The zero-order valence-corrected chi connectivity index (χ0v) is 11.2. The molecule has 1 aliphatic rings. The predicted octanol–water partition coefficient (Wildman–Crippen LogP) is 3.51. The third kappa shape index (κ3) is 2.10. The van der Waals surface area contributed by atoms with E-state index in [2.05, 4.69) is 0 Å². The van der Waals surface area contributed by atoms with Crippen LogP contribution >= 0.6 is 46.4 Å². The quantitative estimate of drug-likeness (QED) is 0.658. The summed E-state index contributed by atoms with van der Waals surface area (Å²) in [6.45, 7) is 0. The van der Waals surface area contributed by atoms with Crippen LogP contribution < -0.4 is 5.73 Å². The molecule has 0 radical (unpaired) electrons. The van der Waals surface area contributed by atoms with Crippen LogP contribution in [0, 0.1) is 11.7 Å². The van der Waals surface area contributed by atoms with Crippen molar-refractivity contribution in [1.29, 1.82) is 0 Å². The van der Waals surface area contributed by atoms with Crippen molar-refractivity contribution < 1.29 is 9.18 Å². The summed E-state index contributed by atoms with van der Waals surface area (Å²) in [5.41, 5.74) is 5.65. The molecule has 1 fully saturated rings. The molecule has 2 unspecified atom stereocenters. The molecule has 0 saturated heterocycles. The molecule has 7 heteroatoms. The van der Waals surface area contributed by atoms with Gasteiger partial charge < -0.3 is 5.73 Å². The number of carbonyl (C=O) groups is 1. The van der Waals surface area contributed by atoms with E-state index in [1.54, 1.807) is 0 Å². The van der Waals surface area contributed by atoms with E-state index in [1.807, 2.05) is 0 Å². The third-order valence-electron chi connectivity index (χ3n) is 2.73. The molecule has 2 nitrogen and oxygen atoms in total. The third-order valence-corrected chi connectivity index (χ3v) is 4.22. The highest BCUT2D eigenvalue weighted by Gasteiger charge is 2.67. The van der Waals surface area contributed by atoms with Gasteiger partial charge in [0.05, 0.1) is 16.0 Å². The average Bonchev–Trinajstić information content (AvgIpc) is 2.77. The molecule has 1 saturated carbocycles. The van der Waals surface area contributed by atoms with E-state index in [9.17, 15) is 9.18 Å². The lowest BCUT2D eigenvalue weighted by Crippen LogP contribution is -2.16. The monoisotopic (exact) mass is 315 g/mol. The minimum absolute atomic E-state index is 0.147. The van der Waals surface area contributed by atoms with Crippen LogP contribution in [0.4, 0.5) is 4.39 Å². The summed E-state index contributed by atoms with van der Waals surface area (Å²) >= 11 is 23.2. The van der Waals surface area contributed by atoms with Gasteiger partial charge in [-0.25, -0.2) is 4.39 Å². The Hall–Kier alpha value is -0.220. The Labute approximate surface area is 117 Å². The minimum Gasteiger partial charge on any atom is -0.369 e. The highest BCUT2D eigenvalue weighted by atomic mass is 35.5. The summed E-state index contributed by atoms with van der Waals surface area (Å²) in [6.07, 6.45) is 0. The van der Waals surface area contributed by atoms with Crippen molar-refractivity contribution >= 4 is 52.3 Å². The molecule has 0 aliphatic heterocycles. The second kappa shape index (κ2) is 4.16. The molecule has 0 bridgehead atoms. The minimum atomic E-state index is -1.28. The Morgan fingerprint density at radius 2 is 1.76 bits per heavy atom. The van der Waals surface area contributed by atoms with Gasteiger partial charge in [0, 0.05) is 5.92 Å². The molecule has 1 aromatic carbocycles. The van der Waals surface area contributed by atoms with Crippen molar-refractivity contribution in [1.82, 2.24) is 0 Å². The van der Waals surface area contributed by atoms with Gasteiger partial charge in [0.25, 0.3) is 0 Å². The van der Waals surface area contributed by atoms with E-state index < -0.39 is 27.9 Å². The maximum atomic E-state index is 13.2. The lowest BCUT2D eigenvalue weighted by molar-refractivity contribution is -0.119. The highest BCUT2D eigenvalue weighted by Crippen LogP contribution is 2.65. The summed E-state index contributed by atoms with van der Waals surface area (Å²) in [5, 5.41) is -0.293. The molecular formula is C10H6Cl4FNO. The van der Waals surface area contributed by atoms with Crippen molar-refractivity contribution in [3.8, 4) is 0 Å². The van der Waals surface area contributed by atoms with E-state index in [1.165, 1.54) is 12.1 Å². The number of primary amides is 1. The number of nitrogens with two attached hydrogens (primary N) is 1. The maximum Gasteiger partial charge on any atom is 0.224 e. The number of amides is 1. The number of halogens is 5. The fraction of sp³-hybridized carbons (Fsp3) is 0.300. The first-order valence-corrected chi connectivity index (χ1v) is 6.09. The Morgan fingerprint density at radius 3 is 2.12 bits per heavy atom. The second-order valence-corrected chi connectivity index (χ2v) is 6.09. The van der Waals surface area contributed by atoms with Gasteiger partial charge in [0.1, 0.15) is 4.33 Å². The molecule has 0 aromatic heterocycles. The van der Waals surface area contributed by atoms with Gasteiger partial charge in [-0.3, -0.25) is 4.79 Å². The molecule has 2 rings (SSSR count). The largest absolute Gasteiger partial charge is 0.369 e. The Balaban J connectivity index is 2.41. The van der Waals surface area contributed by atoms with Crippen molar-refractivity contribution in [3.05, 3.63) is 33.6 Å². The van der Waals surface area contributed by atoms with E-state index in [0.717, 1.165) is 0 Å². The summed E-state index contributed by atoms with van der Waals surface area (Å²) < 4.78 is 11.9. The molecule has 0 heterocycles. The predicted molar refractivity (Wildman–Crippen MR) is 66.3 cm³/mol. The summed E-state index contributed by atoms with van der Waals surface area (Å²) in [4.78, 5) is 11.1.